The zero-order valence-corrected chi connectivity index (χ0v) is 16.8. The van der Waals surface area contributed by atoms with E-state index >= 15 is 0 Å². The highest BCUT2D eigenvalue weighted by Crippen LogP contribution is 2.19. The molecule has 0 fully saturated rings. The number of nitrogens with one attached hydrogen (secondary N) is 1. The lowest BCUT2D eigenvalue weighted by Crippen LogP contribution is -2.28. The van der Waals surface area contributed by atoms with Crippen molar-refractivity contribution in [3.05, 3.63) is 69.8 Å². The number of hydrogen-bond acceptors (Lipinski definition) is 8. The highest BCUT2D eigenvalue weighted by atomic mass is 16.6. The van der Waals surface area contributed by atoms with E-state index in [2.05, 4.69) is 14.8 Å². The maximum absolute atomic E-state index is 12.2. The molecule has 10 heteroatoms. The van der Waals surface area contributed by atoms with Gasteiger partial charge in [0.1, 0.15) is 0 Å². The number of carbonyl (C=O) groups is 4. The van der Waals surface area contributed by atoms with Crippen molar-refractivity contribution in [3.8, 4) is 0 Å². The highest BCUT2D eigenvalue weighted by Gasteiger charge is 2.28. The number of Topliss-reactive ketones (excluding diaryl/α,β-unsaturated/α-hetero) is 1. The van der Waals surface area contributed by atoms with Gasteiger partial charge >= 0.3 is 11.9 Å². The van der Waals surface area contributed by atoms with Crippen LogP contribution in [0.3, 0.4) is 0 Å². The molecular formula is C21H20N2O8. The number of ether oxygens (including phenoxy) is 2. The van der Waals surface area contributed by atoms with Gasteiger partial charge in [0, 0.05) is 23.7 Å². The molecule has 0 bridgehead atoms. The summed E-state index contributed by atoms with van der Waals surface area (Å²) in [5, 5.41) is 13.4. The lowest BCUT2D eigenvalue weighted by molar-refractivity contribution is -0.385. The summed E-state index contributed by atoms with van der Waals surface area (Å²) in [6.45, 7) is 0. The van der Waals surface area contributed by atoms with E-state index in [0.717, 1.165) is 14.2 Å². The van der Waals surface area contributed by atoms with Crippen LogP contribution in [0.4, 0.5) is 11.4 Å². The third-order valence-electron chi connectivity index (χ3n) is 4.42. The van der Waals surface area contributed by atoms with Gasteiger partial charge in [0.15, 0.2) is 5.92 Å². The number of nitrogens with zero attached hydrogens (tertiary/aromatic N) is 1. The Morgan fingerprint density at radius 1 is 0.968 bits per heavy atom. The predicted octanol–water partition coefficient (Wildman–Crippen LogP) is 1.85. The summed E-state index contributed by atoms with van der Waals surface area (Å²) < 4.78 is 9.21. The van der Waals surface area contributed by atoms with Crippen molar-refractivity contribution >= 4 is 35.0 Å². The van der Waals surface area contributed by atoms with E-state index in [1.807, 2.05) is 0 Å². The van der Waals surface area contributed by atoms with Gasteiger partial charge in [-0.3, -0.25) is 29.3 Å². The summed E-state index contributed by atoms with van der Waals surface area (Å²) in [6, 6.07) is 11.8. The topological polar surface area (TPSA) is 142 Å². The monoisotopic (exact) mass is 428 g/mol. The van der Waals surface area contributed by atoms with Crippen LogP contribution < -0.4 is 5.32 Å². The number of para-hydroxylation sites is 1. The average Bonchev–Trinajstić information content (AvgIpc) is 2.77. The number of anilines is 1. The first-order valence-electron chi connectivity index (χ1n) is 9.07. The second-order valence-electron chi connectivity index (χ2n) is 6.44. The highest BCUT2D eigenvalue weighted by molar-refractivity contribution is 6.41. The molecule has 2 aromatic rings. The van der Waals surface area contributed by atoms with Gasteiger partial charge in [0.25, 0.3) is 11.6 Å². The van der Waals surface area contributed by atoms with Crippen LogP contribution in [-0.4, -0.2) is 42.8 Å². The third kappa shape index (κ3) is 6.20. The zero-order valence-electron chi connectivity index (χ0n) is 16.8. The van der Waals surface area contributed by atoms with Gasteiger partial charge < -0.3 is 14.8 Å². The summed E-state index contributed by atoms with van der Waals surface area (Å²) in [6.07, 6.45) is -0.384. The fourth-order valence-corrected chi connectivity index (χ4v) is 2.80. The minimum absolute atomic E-state index is 0.0319. The van der Waals surface area contributed by atoms with Crippen LogP contribution in [0.15, 0.2) is 48.5 Å². The largest absolute Gasteiger partial charge is 0.468 e. The van der Waals surface area contributed by atoms with Gasteiger partial charge in [-0.2, -0.15) is 0 Å². The Hall–Kier alpha value is -4.08. The van der Waals surface area contributed by atoms with E-state index in [-0.39, 0.29) is 17.7 Å². The van der Waals surface area contributed by atoms with Gasteiger partial charge in [-0.25, -0.2) is 0 Å². The molecule has 0 atom stereocenters. The fourth-order valence-electron chi connectivity index (χ4n) is 2.80. The van der Waals surface area contributed by atoms with Gasteiger partial charge in [-0.05, 0) is 24.1 Å². The van der Waals surface area contributed by atoms with Gasteiger partial charge in [-0.1, -0.05) is 30.3 Å². The van der Waals surface area contributed by atoms with Crippen molar-refractivity contribution < 1.29 is 33.6 Å². The molecule has 1 N–H and O–H groups in total. The van der Waals surface area contributed by atoms with Crippen molar-refractivity contribution in [1.82, 2.24) is 0 Å². The van der Waals surface area contributed by atoms with Crippen LogP contribution in [0.5, 0.6) is 0 Å². The maximum atomic E-state index is 12.2. The van der Waals surface area contributed by atoms with Crippen LogP contribution in [0, 0.1) is 16.0 Å². The predicted molar refractivity (Wildman–Crippen MR) is 108 cm³/mol. The van der Waals surface area contributed by atoms with E-state index in [1.54, 1.807) is 18.2 Å². The van der Waals surface area contributed by atoms with Crippen molar-refractivity contribution in [3.63, 3.8) is 0 Å². The number of amides is 1. The molecule has 0 heterocycles. The molecule has 0 aliphatic carbocycles. The smallest absolute Gasteiger partial charge is 0.320 e. The van der Waals surface area contributed by atoms with Gasteiger partial charge in [0.2, 0.25) is 5.78 Å². The second-order valence-corrected chi connectivity index (χ2v) is 6.44. The first kappa shape index (κ1) is 23.2. The number of esters is 2. The number of methoxy groups -OCH3 is 2. The summed E-state index contributed by atoms with van der Waals surface area (Å²) in [4.78, 5) is 58.3. The molecule has 31 heavy (non-hydrogen) atoms. The van der Waals surface area contributed by atoms with Crippen molar-refractivity contribution in [2.24, 2.45) is 5.92 Å². The number of rotatable bonds is 9. The van der Waals surface area contributed by atoms with E-state index in [0.29, 0.717) is 11.3 Å². The maximum Gasteiger partial charge on any atom is 0.320 e. The Balaban J connectivity index is 2.03. The molecular weight excluding hydrogens is 408 g/mol. The number of ketones is 1. The van der Waals surface area contributed by atoms with Crippen LogP contribution >= 0.6 is 0 Å². The molecule has 0 radical (unpaired) electrons. The summed E-state index contributed by atoms with van der Waals surface area (Å²) >= 11 is 0. The molecule has 1 amide bonds. The van der Waals surface area contributed by atoms with E-state index < -0.39 is 40.9 Å². The number of carbonyl (C=O) groups excluding carboxylic acids is 4. The van der Waals surface area contributed by atoms with Gasteiger partial charge in [-0.15, -0.1) is 0 Å². The molecule has 0 spiro atoms. The Labute approximate surface area is 177 Å². The van der Waals surface area contributed by atoms with Crippen molar-refractivity contribution in [1.29, 1.82) is 0 Å². The van der Waals surface area contributed by atoms with Gasteiger partial charge in [0.05, 0.1) is 19.1 Å². The molecule has 162 valence electrons. The Kier molecular flexibility index (Phi) is 7.95. The molecule has 0 aliphatic heterocycles. The SMILES string of the molecule is COC(=O)C(Cc1ccc(NC(=O)C(=O)Cc2ccccc2[N+](=O)[O-])cc1)C(=O)OC. The molecule has 0 aromatic heterocycles. The normalized spacial score (nSPS) is 10.3. The Morgan fingerprint density at radius 2 is 1.55 bits per heavy atom. The average molecular weight is 428 g/mol. The molecule has 0 saturated carbocycles. The van der Waals surface area contributed by atoms with Crippen LogP contribution in [0.25, 0.3) is 0 Å². The number of nitro benzene ring substituents is 1. The molecule has 0 saturated heterocycles. The molecule has 0 aliphatic rings. The zero-order chi connectivity index (χ0) is 23.0. The summed E-state index contributed by atoms with van der Waals surface area (Å²) in [5.74, 6) is -4.35. The summed E-state index contributed by atoms with van der Waals surface area (Å²) in [7, 11) is 2.33. The quantitative estimate of drug-likeness (QED) is 0.210. The summed E-state index contributed by atoms with van der Waals surface area (Å²) in [5.41, 5.74) is 0.806. The molecule has 10 nitrogen and oxygen atoms in total. The van der Waals surface area contributed by atoms with E-state index in [1.165, 1.54) is 30.3 Å². The first-order chi connectivity index (χ1) is 14.8. The lowest BCUT2D eigenvalue weighted by Gasteiger charge is -2.13. The van der Waals surface area contributed by atoms with Crippen molar-refractivity contribution in [2.45, 2.75) is 12.8 Å². The van der Waals surface area contributed by atoms with E-state index in [4.69, 9.17) is 0 Å². The van der Waals surface area contributed by atoms with E-state index in [9.17, 15) is 29.3 Å². The lowest BCUT2D eigenvalue weighted by atomic mass is 9.99. The first-order valence-corrected chi connectivity index (χ1v) is 9.07. The fraction of sp³-hybridized carbons (Fsp3) is 0.238. The minimum Gasteiger partial charge on any atom is -0.468 e. The standard InChI is InChI=1S/C21H20N2O8/c1-30-20(26)16(21(27)31-2)11-13-7-9-15(10-8-13)22-19(25)18(24)12-14-5-3-4-6-17(14)23(28)29/h3-10,16H,11-12H2,1-2H3,(H,22,25). The second kappa shape index (κ2) is 10.6. The molecule has 0 unspecified atom stereocenters. The minimum atomic E-state index is -1.13. The number of benzene rings is 2. The van der Waals surface area contributed by atoms with Crippen molar-refractivity contribution in [2.75, 3.05) is 19.5 Å². The molecule has 2 rings (SSSR count). The number of hydrogen-bond donors (Lipinski definition) is 1. The third-order valence-corrected chi connectivity index (χ3v) is 4.42. The Bertz CT molecular complexity index is 985. The van der Waals surface area contributed by atoms with Crippen LogP contribution in [-0.2, 0) is 41.5 Å². The number of nitro groups is 1. The molecule has 2 aromatic carbocycles. The Morgan fingerprint density at radius 3 is 2.10 bits per heavy atom. The van der Waals surface area contributed by atoms with Crippen LogP contribution in [0.1, 0.15) is 11.1 Å². The van der Waals surface area contributed by atoms with Crippen LogP contribution in [0.2, 0.25) is 0 Å².